The molecule has 1 saturated heterocycles. The maximum atomic E-state index is 12.3. The molecule has 1 fully saturated rings. The van der Waals surface area contributed by atoms with Crippen molar-refractivity contribution in [3.8, 4) is 17.2 Å². The third kappa shape index (κ3) is 4.19. The molecule has 1 amide bonds. The second-order valence-corrected chi connectivity index (χ2v) is 6.66. The Hall–Kier alpha value is -3.22. The van der Waals surface area contributed by atoms with Gasteiger partial charge in [0.1, 0.15) is 11.9 Å². The second-order valence-electron chi connectivity index (χ2n) is 6.66. The highest BCUT2D eigenvalue weighted by Crippen LogP contribution is 2.28. The van der Waals surface area contributed by atoms with Crippen molar-refractivity contribution in [2.75, 3.05) is 27.3 Å². The zero-order valence-corrected chi connectivity index (χ0v) is 16.5. The van der Waals surface area contributed by atoms with Crippen LogP contribution in [-0.2, 0) is 11.8 Å². The number of pyridine rings is 1. The van der Waals surface area contributed by atoms with Crippen molar-refractivity contribution in [2.45, 2.75) is 13.0 Å². The van der Waals surface area contributed by atoms with Gasteiger partial charge in [0.2, 0.25) is 5.91 Å². The van der Waals surface area contributed by atoms with Gasteiger partial charge in [-0.1, -0.05) is 6.07 Å². The zero-order valence-electron chi connectivity index (χ0n) is 16.5. The molecule has 1 aromatic heterocycles. The number of amides is 1. The zero-order chi connectivity index (χ0) is 20.3. The van der Waals surface area contributed by atoms with Crippen molar-refractivity contribution in [1.29, 1.82) is 0 Å². The smallest absolute Gasteiger partial charge is 0.254 e. The van der Waals surface area contributed by atoms with E-state index in [-0.39, 0.29) is 17.6 Å². The van der Waals surface area contributed by atoms with Gasteiger partial charge in [0, 0.05) is 24.9 Å². The molecule has 0 N–H and O–H groups in total. The summed E-state index contributed by atoms with van der Waals surface area (Å²) < 4.78 is 17.8. The molecule has 2 heterocycles. The molecule has 0 saturated carbocycles. The van der Waals surface area contributed by atoms with Crippen molar-refractivity contribution < 1.29 is 19.0 Å². The van der Waals surface area contributed by atoms with Gasteiger partial charge in [-0.3, -0.25) is 9.59 Å². The Kier molecular flexibility index (Phi) is 5.73. The number of likely N-dealkylation sites (tertiary alicyclic amines) is 1. The molecule has 1 aliphatic rings. The number of hydrogen-bond acceptors (Lipinski definition) is 5. The first kappa shape index (κ1) is 19.5. The summed E-state index contributed by atoms with van der Waals surface area (Å²) >= 11 is 0. The third-order valence-corrected chi connectivity index (χ3v) is 4.76. The summed E-state index contributed by atoms with van der Waals surface area (Å²) in [4.78, 5) is 25.8. The fourth-order valence-corrected chi connectivity index (χ4v) is 2.92. The molecule has 0 bridgehead atoms. The molecule has 1 aliphatic heterocycles. The molecular weight excluding hydrogens is 360 g/mol. The summed E-state index contributed by atoms with van der Waals surface area (Å²) in [6.45, 7) is 2.83. The van der Waals surface area contributed by atoms with E-state index >= 15 is 0 Å². The molecule has 28 heavy (non-hydrogen) atoms. The number of benzene rings is 1. The maximum absolute atomic E-state index is 12.3. The minimum Gasteiger partial charge on any atom is -0.493 e. The van der Waals surface area contributed by atoms with Gasteiger partial charge in [0.15, 0.2) is 11.5 Å². The largest absolute Gasteiger partial charge is 0.493 e. The van der Waals surface area contributed by atoms with Gasteiger partial charge in [0.05, 0.1) is 27.3 Å². The molecule has 2 aromatic rings. The molecule has 3 rings (SSSR count). The van der Waals surface area contributed by atoms with Crippen molar-refractivity contribution in [1.82, 2.24) is 9.47 Å². The van der Waals surface area contributed by atoms with E-state index in [4.69, 9.17) is 14.2 Å². The maximum Gasteiger partial charge on any atom is 0.254 e. The van der Waals surface area contributed by atoms with Gasteiger partial charge < -0.3 is 23.7 Å². The van der Waals surface area contributed by atoms with Gasteiger partial charge >= 0.3 is 0 Å². The average Bonchev–Trinajstić information content (AvgIpc) is 2.66. The van der Waals surface area contributed by atoms with Crippen LogP contribution in [0.2, 0.25) is 0 Å². The molecule has 0 aliphatic carbocycles. The van der Waals surface area contributed by atoms with Crippen LogP contribution in [0, 0.1) is 6.92 Å². The third-order valence-electron chi connectivity index (χ3n) is 4.76. The topological polar surface area (TPSA) is 70.0 Å². The van der Waals surface area contributed by atoms with Crippen LogP contribution in [0.25, 0.3) is 6.08 Å². The molecule has 0 radical (unpaired) electrons. The number of rotatable bonds is 6. The number of aryl methyl sites for hydroxylation is 1. The normalized spacial score (nSPS) is 14.1. The van der Waals surface area contributed by atoms with Crippen LogP contribution >= 0.6 is 0 Å². The van der Waals surface area contributed by atoms with Gasteiger partial charge in [-0.05, 0) is 36.8 Å². The van der Waals surface area contributed by atoms with Crippen molar-refractivity contribution in [3.05, 3.63) is 58.0 Å². The SMILES string of the molecule is COc1ccc(/C=C/C(=O)N2CC(Oc3cc(C)n(C)c(=O)c3)C2)cc1OC. The van der Waals surface area contributed by atoms with Crippen LogP contribution < -0.4 is 19.8 Å². The monoisotopic (exact) mass is 384 g/mol. The molecule has 7 nitrogen and oxygen atoms in total. The molecule has 0 unspecified atom stereocenters. The molecule has 0 atom stereocenters. The number of hydrogen-bond donors (Lipinski definition) is 0. The highest BCUT2D eigenvalue weighted by atomic mass is 16.5. The number of ether oxygens (including phenoxy) is 3. The van der Waals surface area contributed by atoms with E-state index < -0.39 is 0 Å². The van der Waals surface area contributed by atoms with Gasteiger partial charge in [-0.15, -0.1) is 0 Å². The molecule has 1 aromatic carbocycles. The van der Waals surface area contributed by atoms with Gasteiger partial charge in [-0.25, -0.2) is 0 Å². The summed E-state index contributed by atoms with van der Waals surface area (Å²) in [5, 5.41) is 0. The van der Waals surface area contributed by atoms with E-state index in [0.717, 1.165) is 11.3 Å². The Morgan fingerprint density at radius 2 is 1.82 bits per heavy atom. The predicted molar refractivity (Wildman–Crippen MR) is 106 cm³/mol. The number of aromatic nitrogens is 1. The summed E-state index contributed by atoms with van der Waals surface area (Å²) in [5.74, 6) is 1.70. The number of carbonyl (C=O) groups is 1. The standard InChI is InChI=1S/C21H24N2O5/c1-14-9-16(11-21(25)22(14)2)28-17-12-23(13-17)20(24)8-6-15-5-7-18(26-3)19(10-15)27-4/h5-11,17H,12-13H2,1-4H3/b8-6+. The first-order valence-corrected chi connectivity index (χ1v) is 8.94. The van der Waals surface area contributed by atoms with E-state index in [1.165, 1.54) is 12.1 Å². The van der Waals surface area contributed by atoms with Crippen molar-refractivity contribution in [3.63, 3.8) is 0 Å². The lowest BCUT2D eigenvalue weighted by atomic mass is 10.1. The Labute approximate surface area is 163 Å². The molecular formula is C21H24N2O5. The number of nitrogens with zero attached hydrogens (tertiary/aromatic N) is 2. The Morgan fingerprint density at radius 1 is 1.11 bits per heavy atom. The van der Waals surface area contributed by atoms with Crippen molar-refractivity contribution in [2.24, 2.45) is 7.05 Å². The van der Waals surface area contributed by atoms with Crippen LogP contribution in [0.15, 0.2) is 41.2 Å². The quantitative estimate of drug-likeness (QED) is 0.713. The van der Waals surface area contributed by atoms with E-state index in [0.29, 0.717) is 30.3 Å². The van der Waals surface area contributed by atoms with Crippen LogP contribution in [0.5, 0.6) is 17.2 Å². The lowest BCUT2D eigenvalue weighted by Gasteiger charge is -2.38. The van der Waals surface area contributed by atoms with E-state index in [1.54, 1.807) is 42.9 Å². The first-order valence-electron chi connectivity index (χ1n) is 8.94. The highest BCUT2D eigenvalue weighted by Gasteiger charge is 2.31. The van der Waals surface area contributed by atoms with Gasteiger partial charge in [-0.2, -0.15) is 0 Å². The van der Waals surface area contributed by atoms with Crippen molar-refractivity contribution >= 4 is 12.0 Å². The number of carbonyl (C=O) groups excluding carboxylic acids is 1. The highest BCUT2D eigenvalue weighted by molar-refractivity contribution is 5.92. The first-order chi connectivity index (χ1) is 13.4. The lowest BCUT2D eigenvalue weighted by molar-refractivity contribution is -0.134. The molecule has 7 heteroatoms. The van der Waals surface area contributed by atoms with Crippen LogP contribution in [0.4, 0.5) is 0 Å². The minimum atomic E-state index is -0.111. The summed E-state index contributed by atoms with van der Waals surface area (Å²) in [6, 6.07) is 8.74. The van der Waals surface area contributed by atoms with E-state index in [1.807, 2.05) is 25.1 Å². The number of methoxy groups -OCH3 is 2. The lowest BCUT2D eigenvalue weighted by Crippen LogP contribution is -2.55. The molecule has 148 valence electrons. The minimum absolute atomic E-state index is 0.0882. The van der Waals surface area contributed by atoms with Crippen LogP contribution in [0.1, 0.15) is 11.3 Å². The Bertz CT molecular complexity index is 958. The summed E-state index contributed by atoms with van der Waals surface area (Å²) in [6.07, 6.45) is 3.16. The molecule has 0 spiro atoms. The van der Waals surface area contributed by atoms with E-state index in [2.05, 4.69) is 0 Å². The predicted octanol–water partition coefficient (Wildman–Crippen LogP) is 2.01. The average molecular weight is 384 g/mol. The summed E-state index contributed by atoms with van der Waals surface area (Å²) in [7, 11) is 4.87. The van der Waals surface area contributed by atoms with Crippen LogP contribution in [0.3, 0.4) is 0 Å². The second kappa shape index (κ2) is 8.21. The van der Waals surface area contributed by atoms with Crippen LogP contribution in [-0.4, -0.2) is 48.8 Å². The fraction of sp³-hybridized carbons (Fsp3) is 0.333. The summed E-state index contributed by atoms with van der Waals surface area (Å²) in [5.41, 5.74) is 1.56. The Balaban J connectivity index is 1.55. The van der Waals surface area contributed by atoms with E-state index in [9.17, 15) is 9.59 Å². The van der Waals surface area contributed by atoms with Gasteiger partial charge in [0.25, 0.3) is 5.56 Å². The fourth-order valence-electron chi connectivity index (χ4n) is 2.92. The Morgan fingerprint density at radius 3 is 2.46 bits per heavy atom.